The quantitative estimate of drug-likeness (QED) is 0.669. The van der Waals surface area contributed by atoms with E-state index in [4.69, 9.17) is 9.84 Å². The van der Waals surface area contributed by atoms with E-state index in [0.29, 0.717) is 6.61 Å². The fourth-order valence-electron chi connectivity index (χ4n) is 0.995. The lowest BCUT2D eigenvalue weighted by atomic mass is 10.1. The van der Waals surface area contributed by atoms with Crippen LogP contribution in [0.5, 0.6) is 5.75 Å². The van der Waals surface area contributed by atoms with Gasteiger partial charge in [0.25, 0.3) is 0 Å². The molecule has 1 unspecified atom stereocenters. The Labute approximate surface area is 90.8 Å². The lowest BCUT2D eigenvalue weighted by Crippen LogP contribution is -2.10. The molecule has 14 heavy (non-hydrogen) atoms. The monoisotopic (exact) mass is 258 g/mol. The molecule has 0 radical (unpaired) electrons. The molecule has 3 nitrogen and oxygen atoms in total. The Hall–Kier alpha value is -1.03. The molecule has 4 heteroatoms. The topological polar surface area (TPSA) is 46.5 Å². The lowest BCUT2D eigenvalue weighted by molar-refractivity contribution is -0.142. The van der Waals surface area contributed by atoms with Crippen LogP contribution < -0.4 is 0 Å². The number of rotatable bonds is 3. The average molecular weight is 259 g/mol. The summed E-state index contributed by atoms with van der Waals surface area (Å²) in [7, 11) is 0. The predicted molar refractivity (Wildman–Crippen MR) is 56.4 cm³/mol. The van der Waals surface area contributed by atoms with Crippen LogP contribution in [0.25, 0.3) is 0 Å². The smallest absolute Gasteiger partial charge is 0.324 e. The molecule has 1 aromatic rings. The fourth-order valence-corrected chi connectivity index (χ4v) is 1.43. The molecule has 0 heterocycles. The largest absolute Gasteiger partial charge is 0.508 e. The molecule has 1 atom stereocenters. The van der Waals surface area contributed by atoms with E-state index in [1.54, 1.807) is 19.1 Å². The van der Waals surface area contributed by atoms with Crippen LogP contribution in [-0.2, 0) is 9.53 Å². The minimum absolute atomic E-state index is 0.178. The molecule has 0 aliphatic heterocycles. The minimum atomic E-state index is -0.469. The van der Waals surface area contributed by atoms with E-state index in [0.717, 1.165) is 5.56 Å². The number of phenolic OH excluding ortho intramolecular Hbond substituents is 1. The van der Waals surface area contributed by atoms with Gasteiger partial charge in [-0.05, 0) is 24.6 Å². The predicted octanol–water partition coefficient (Wildman–Crippen LogP) is 2.39. The van der Waals surface area contributed by atoms with E-state index in [2.05, 4.69) is 15.9 Å². The van der Waals surface area contributed by atoms with Crippen LogP contribution in [0.4, 0.5) is 0 Å². The summed E-state index contributed by atoms with van der Waals surface area (Å²) in [6, 6.07) is 6.41. The number of aromatic hydroxyl groups is 1. The van der Waals surface area contributed by atoms with Gasteiger partial charge in [-0.15, -0.1) is 0 Å². The van der Waals surface area contributed by atoms with Crippen LogP contribution >= 0.6 is 15.9 Å². The Morgan fingerprint density at radius 2 is 2.07 bits per heavy atom. The maximum atomic E-state index is 11.3. The molecule has 1 aromatic carbocycles. The van der Waals surface area contributed by atoms with E-state index < -0.39 is 4.83 Å². The van der Waals surface area contributed by atoms with Gasteiger partial charge >= 0.3 is 5.97 Å². The zero-order valence-electron chi connectivity index (χ0n) is 7.74. The normalized spacial score (nSPS) is 12.1. The third-order valence-electron chi connectivity index (χ3n) is 1.68. The molecule has 76 valence electrons. The van der Waals surface area contributed by atoms with Crippen LogP contribution in [0.2, 0.25) is 0 Å². The summed E-state index contributed by atoms with van der Waals surface area (Å²) < 4.78 is 4.84. The summed E-state index contributed by atoms with van der Waals surface area (Å²) >= 11 is 3.22. The molecule has 0 fully saturated rings. The Balaban J connectivity index is 2.73. The van der Waals surface area contributed by atoms with Gasteiger partial charge in [0, 0.05) is 0 Å². The standard InChI is InChI=1S/C10H11BrO3/c1-2-14-10(13)9(11)7-3-5-8(12)6-4-7/h3-6,9,12H,2H2,1H3. The van der Waals surface area contributed by atoms with Crippen molar-refractivity contribution >= 4 is 21.9 Å². The lowest BCUT2D eigenvalue weighted by Gasteiger charge is -2.08. The van der Waals surface area contributed by atoms with Crippen molar-refractivity contribution in [3.8, 4) is 5.75 Å². The summed E-state index contributed by atoms with van der Waals surface area (Å²) in [5.74, 6) is -0.143. The van der Waals surface area contributed by atoms with Crippen LogP contribution in [0, 0.1) is 0 Å². The van der Waals surface area contributed by atoms with Crippen LogP contribution in [-0.4, -0.2) is 17.7 Å². The summed E-state index contributed by atoms with van der Waals surface area (Å²) in [6.45, 7) is 2.12. The Kier molecular flexibility index (Phi) is 3.95. The van der Waals surface area contributed by atoms with E-state index in [1.807, 2.05) is 0 Å². The number of phenols is 1. The number of hydrogen-bond donors (Lipinski definition) is 1. The van der Waals surface area contributed by atoms with Crippen LogP contribution in [0.3, 0.4) is 0 Å². The Bertz CT molecular complexity index is 308. The van der Waals surface area contributed by atoms with Gasteiger partial charge in [0.2, 0.25) is 0 Å². The molecular formula is C10H11BrO3. The number of benzene rings is 1. The number of alkyl halides is 1. The third-order valence-corrected chi connectivity index (χ3v) is 2.58. The zero-order valence-corrected chi connectivity index (χ0v) is 9.32. The highest BCUT2D eigenvalue weighted by Gasteiger charge is 2.17. The van der Waals surface area contributed by atoms with E-state index in [1.165, 1.54) is 12.1 Å². The molecule has 0 aromatic heterocycles. The zero-order chi connectivity index (χ0) is 10.6. The second kappa shape index (κ2) is 5.00. The molecule has 0 bridgehead atoms. The molecule has 1 rings (SSSR count). The Morgan fingerprint density at radius 3 is 2.57 bits per heavy atom. The highest BCUT2D eigenvalue weighted by Crippen LogP contribution is 2.25. The molecule has 0 amide bonds. The number of halogens is 1. The van der Waals surface area contributed by atoms with Gasteiger partial charge in [-0.25, -0.2) is 0 Å². The highest BCUT2D eigenvalue weighted by molar-refractivity contribution is 9.09. The summed E-state index contributed by atoms with van der Waals surface area (Å²) in [4.78, 5) is 10.8. The highest BCUT2D eigenvalue weighted by atomic mass is 79.9. The third kappa shape index (κ3) is 2.73. The van der Waals surface area contributed by atoms with Gasteiger partial charge in [-0.2, -0.15) is 0 Å². The molecule has 0 saturated carbocycles. The van der Waals surface area contributed by atoms with Crippen LogP contribution in [0.15, 0.2) is 24.3 Å². The second-order valence-corrected chi connectivity index (χ2v) is 3.62. The number of hydrogen-bond acceptors (Lipinski definition) is 3. The van der Waals surface area contributed by atoms with Gasteiger partial charge in [0.1, 0.15) is 10.6 Å². The van der Waals surface area contributed by atoms with Crippen molar-refractivity contribution in [1.82, 2.24) is 0 Å². The first kappa shape index (κ1) is 11.0. The SMILES string of the molecule is CCOC(=O)C(Br)c1ccc(O)cc1. The van der Waals surface area contributed by atoms with Crippen molar-refractivity contribution in [2.24, 2.45) is 0 Å². The molecule has 0 saturated heterocycles. The average Bonchev–Trinajstić information content (AvgIpc) is 2.18. The van der Waals surface area contributed by atoms with E-state index in [-0.39, 0.29) is 11.7 Å². The van der Waals surface area contributed by atoms with Gasteiger partial charge in [0.15, 0.2) is 0 Å². The van der Waals surface area contributed by atoms with Crippen molar-refractivity contribution in [2.75, 3.05) is 6.61 Å². The maximum Gasteiger partial charge on any atom is 0.324 e. The van der Waals surface area contributed by atoms with Gasteiger partial charge < -0.3 is 9.84 Å². The maximum absolute atomic E-state index is 11.3. The molecular weight excluding hydrogens is 248 g/mol. The summed E-state index contributed by atoms with van der Waals surface area (Å²) in [5, 5.41) is 9.05. The van der Waals surface area contributed by atoms with Crippen molar-refractivity contribution in [2.45, 2.75) is 11.8 Å². The minimum Gasteiger partial charge on any atom is -0.508 e. The van der Waals surface area contributed by atoms with Gasteiger partial charge in [0.05, 0.1) is 6.61 Å². The number of esters is 1. The van der Waals surface area contributed by atoms with E-state index in [9.17, 15) is 4.79 Å². The summed E-state index contributed by atoms with van der Waals surface area (Å²) in [6.07, 6.45) is 0. The first-order valence-electron chi connectivity index (χ1n) is 4.24. The second-order valence-electron chi connectivity index (χ2n) is 2.71. The van der Waals surface area contributed by atoms with Crippen molar-refractivity contribution in [3.63, 3.8) is 0 Å². The first-order chi connectivity index (χ1) is 6.65. The van der Waals surface area contributed by atoms with Crippen LogP contribution in [0.1, 0.15) is 17.3 Å². The van der Waals surface area contributed by atoms with E-state index >= 15 is 0 Å². The Morgan fingerprint density at radius 1 is 1.50 bits per heavy atom. The number of carbonyl (C=O) groups excluding carboxylic acids is 1. The molecule has 0 aliphatic carbocycles. The molecule has 1 N–H and O–H groups in total. The number of carbonyl (C=O) groups is 1. The van der Waals surface area contributed by atoms with Crippen molar-refractivity contribution in [3.05, 3.63) is 29.8 Å². The first-order valence-corrected chi connectivity index (χ1v) is 5.16. The molecule has 0 spiro atoms. The van der Waals surface area contributed by atoms with Crippen molar-refractivity contribution in [1.29, 1.82) is 0 Å². The van der Waals surface area contributed by atoms with Crippen molar-refractivity contribution < 1.29 is 14.6 Å². The summed E-state index contributed by atoms with van der Waals surface area (Å²) in [5.41, 5.74) is 0.765. The van der Waals surface area contributed by atoms with Gasteiger partial charge in [-0.1, -0.05) is 28.1 Å². The fraction of sp³-hybridized carbons (Fsp3) is 0.300. The van der Waals surface area contributed by atoms with Gasteiger partial charge in [-0.3, -0.25) is 4.79 Å². The molecule has 0 aliphatic rings. The number of ether oxygens (including phenoxy) is 1.